The van der Waals surface area contributed by atoms with Crippen molar-refractivity contribution in [3.63, 3.8) is 0 Å². The van der Waals surface area contributed by atoms with Gasteiger partial charge in [-0.05, 0) is 42.8 Å². The zero-order chi connectivity index (χ0) is 27.0. The van der Waals surface area contributed by atoms with Crippen LogP contribution in [-0.4, -0.2) is 20.5 Å². The smallest absolute Gasteiger partial charge is 0.311 e. The van der Waals surface area contributed by atoms with Gasteiger partial charge < -0.3 is 10.4 Å². The quantitative estimate of drug-likeness (QED) is 0.301. The third-order valence-electron chi connectivity index (χ3n) is 6.01. The number of amides is 1. The summed E-state index contributed by atoms with van der Waals surface area (Å²) in [7, 11) is 0. The van der Waals surface area contributed by atoms with Gasteiger partial charge in [0.05, 0.1) is 26.8 Å². The van der Waals surface area contributed by atoms with E-state index < -0.39 is 39.7 Å². The first-order valence-electron chi connectivity index (χ1n) is 11.4. The van der Waals surface area contributed by atoms with E-state index in [0.29, 0.717) is 16.9 Å². The van der Waals surface area contributed by atoms with Crippen LogP contribution in [0.3, 0.4) is 0 Å². The Morgan fingerprint density at radius 2 is 1.84 bits per heavy atom. The topological polar surface area (TPSA) is 127 Å². The van der Waals surface area contributed by atoms with Crippen molar-refractivity contribution < 1.29 is 19.2 Å². The molecule has 0 saturated heterocycles. The largest absolute Gasteiger partial charge is 0.502 e. The summed E-state index contributed by atoms with van der Waals surface area (Å²) in [6.07, 6.45) is 1.34. The van der Waals surface area contributed by atoms with Gasteiger partial charge in [-0.15, -0.1) is 0 Å². The van der Waals surface area contributed by atoms with Crippen LogP contribution in [-0.2, 0) is 4.79 Å². The first kappa shape index (κ1) is 24.8. The number of aromatic hydroxyl groups is 1. The standard InChI is InChI=1S/C27H19FN4O5S/c1-15-22(25(34)30-19-7-3-2-4-8-19)23(16-10-12-18(28)13-11-16)31-26(35)21(38-27(31)29-15)14-17-6-5-9-20(24(17)33)32(36)37/h2-14,23,33H,1H3,(H,30,34)/b21-14+/t23-/m0/s1. The van der Waals surface area contributed by atoms with E-state index in [1.54, 1.807) is 31.2 Å². The van der Waals surface area contributed by atoms with Crippen LogP contribution in [0, 0.1) is 15.9 Å². The lowest BCUT2D eigenvalue weighted by molar-refractivity contribution is -0.385. The molecule has 1 aromatic heterocycles. The highest BCUT2D eigenvalue weighted by Crippen LogP contribution is 2.32. The fraction of sp³-hybridized carbons (Fsp3) is 0.0741. The number of nitrogens with one attached hydrogen (secondary N) is 1. The molecule has 0 radical (unpaired) electrons. The number of nitrogens with zero attached hydrogens (tertiary/aromatic N) is 3. The van der Waals surface area contributed by atoms with Gasteiger partial charge >= 0.3 is 5.69 Å². The Labute approximate surface area is 218 Å². The summed E-state index contributed by atoms with van der Waals surface area (Å²) in [5.74, 6) is -1.52. The number of nitro groups is 1. The molecule has 0 spiro atoms. The van der Waals surface area contributed by atoms with Crippen LogP contribution in [0.2, 0.25) is 0 Å². The molecule has 190 valence electrons. The molecule has 1 atom stereocenters. The van der Waals surface area contributed by atoms with Gasteiger partial charge in [-0.25, -0.2) is 9.38 Å². The van der Waals surface area contributed by atoms with Gasteiger partial charge in [-0.1, -0.05) is 53.8 Å². The number of anilines is 1. The minimum atomic E-state index is -0.920. The van der Waals surface area contributed by atoms with Crippen molar-refractivity contribution in [2.75, 3.05) is 5.32 Å². The molecule has 1 amide bonds. The lowest BCUT2D eigenvalue weighted by Gasteiger charge is -2.25. The Balaban J connectivity index is 1.69. The van der Waals surface area contributed by atoms with Gasteiger partial charge in [0.2, 0.25) is 5.75 Å². The molecule has 4 aromatic rings. The Hall–Kier alpha value is -4.90. The number of para-hydroxylation sites is 2. The third kappa shape index (κ3) is 4.50. The number of thiazole rings is 1. The summed E-state index contributed by atoms with van der Waals surface area (Å²) in [4.78, 5) is 42.4. The molecule has 5 rings (SSSR count). The molecule has 0 saturated carbocycles. The highest BCUT2D eigenvalue weighted by atomic mass is 32.1. The molecule has 3 aromatic carbocycles. The zero-order valence-corrected chi connectivity index (χ0v) is 20.6. The summed E-state index contributed by atoms with van der Waals surface area (Å²) >= 11 is 1.01. The summed E-state index contributed by atoms with van der Waals surface area (Å²) in [5.41, 5.74) is 0.689. The van der Waals surface area contributed by atoms with Gasteiger partial charge in [0.25, 0.3) is 11.5 Å². The van der Waals surface area contributed by atoms with Crippen LogP contribution in [0.1, 0.15) is 24.1 Å². The van der Waals surface area contributed by atoms with Gasteiger partial charge in [-0.3, -0.25) is 24.3 Å². The number of halogens is 1. The van der Waals surface area contributed by atoms with Gasteiger partial charge in [-0.2, -0.15) is 0 Å². The number of aromatic nitrogens is 1. The summed E-state index contributed by atoms with van der Waals surface area (Å²) < 4.78 is 15.3. The number of carbonyl (C=O) groups is 1. The number of fused-ring (bicyclic) bond motifs is 1. The molecule has 2 heterocycles. The normalized spacial score (nSPS) is 15.1. The van der Waals surface area contributed by atoms with Crippen LogP contribution in [0.15, 0.2) is 93.9 Å². The molecule has 1 aliphatic rings. The maximum Gasteiger partial charge on any atom is 0.311 e. The predicted molar refractivity (Wildman–Crippen MR) is 140 cm³/mol. The van der Waals surface area contributed by atoms with E-state index in [9.17, 15) is 29.2 Å². The van der Waals surface area contributed by atoms with E-state index >= 15 is 0 Å². The van der Waals surface area contributed by atoms with Crippen LogP contribution in [0.5, 0.6) is 5.75 Å². The lowest BCUT2D eigenvalue weighted by atomic mass is 9.95. The number of allylic oxidation sites excluding steroid dienone is 1. The fourth-order valence-electron chi connectivity index (χ4n) is 4.25. The van der Waals surface area contributed by atoms with E-state index in [-0.39, 0.29) is 20.5 Å². The maximum absolute atomic E-state index is 13.8. The highest BCUT2D eigenvalue weighted by Gasteiger charge is 2.32. The maximum atomic E-state index is 13.8. The summed E-state index contributed by atoms with van der Waals surface area (Å²) in [6.45, 7) is 1.65. The Morgan fingerprint density at radius 1 is 1.13 bits per heavy atom. The van der Waals surface area contributed by atoms with E-state index in [1.165, 1.54) is 47.0 Å². The fourth-order valence-corrected chi connectivity index (χ4v) is 5.28. The average Bonchev–Trinajstić information content (AvgIpc) is 3.19. The molecule has 11 heteroatoms. The van der Waals surface area contributed by atoms with E-state index in [2.05, 4.69) is 10.3 Å². The number of carbonyl (C=O) groups excluding carboxylic acids is 1. The highest BCUT2D eigenvalue weighted by molar-refractivity contribution is 7.07. The van der Waals surface area contributed by atoms with Crippen molar-refractivity contribution in [3.8, 4) is 5.75 Å². The van der Waals surface area contributed by atoms with E-state index in [0.717, 1.165) is 17.4 Å². The second kappa shape index (κ2) is 9.87. The lowest BCUT2D eigenvalue weighted by Crippen LogP contribution is -2.40. The Kier molecular flexibility index (Phi) is 6.43. The molecule has 9 nitrogen and oxygen atoms in total. The minimum Gasteiger partial charge on any atom is -0.502 e. The van der Waals surface area contributed by atoms with Crippen molar-refractivity contribution in [1.82, 2.24) is 4.57 Å². The van der Waals surface area contributed by atoms with Gasteiger partial charge in [0.1, 0.15) is 5.82 Å². The summed E-state index contributed by atoms with van der Waals surface area (Å²) in [5, 5.41) is 24.4. The molecular weight excluding hydrogens is 511 g/mol. The number of benzene rings is 3. The average molecular weight is 531 g/mol. The molecule has 0 unspecified atom stereocenters. The molecule has 1 aliphatic heterocycles. The predicted octanol–water partition coefficient (Wildman–Crippen LogP) is 3.63. The summed E-state index contributed by atoms with van der Waals surface area (Å²) in [6, 6.07) is 17.4. The number of rotatable bonds is 5. The van der Waals surface area contributed by atoms with Crippen LogP contribution in [0.25, 0.3) is 6.08 Å². The molecule has 2 N–H and O–H groups in total. The van der Waals surface area contributed by atoms with Crippen LogP contribution in [0.4, 0.5) is 15.8 Å². The van der Waals surface area contributed by atoms with Crippen molar-refractivity contribution in [2.24, 2.45) is 4.99 Å². The van der Waals surface area contributed by atoms with Crippen molar-refractivity contribution in [1.29, 1.82) is 0 Å². The van der Waals surface area contributed by atoms with Gasteiger partial charge in [0.15, 0.2) is 4.80 Å². The van der Waals surface area contributed by atoms with E-state index in [4.69, 9.17) is 0 Å². The molecule has 0 bridgehead atoms. The number of phenols is 1. The zero-order valence-electron chi connectivity index (χ0n) is 19.8. The van der Waals surface area contributed by atoms with Crippen molar-refractivity contribution >= 4 is 34.7 Å². The Bertz CT molecular complexity index is 1790. The first-order valence-corrected chi connectivity index (χ1v) is 12.2. The molecule has 0 fully saturated rings. The Morgan fingerprint density at radius 3 is 2.53 bits per heavy atom. The number of hydrogen-bond acceptors (Lipinski definition) is 7. The number of nitro benzene ring substituents is 1. The molecule has 38 heavy (non-hydrogen) atoms. The number of phenolic OH excluding ortho intramolecular Hbond substituents is 1. The van der Waals surface area contributed by atoms with Crippen molar-refractivity contribution in [3.05, 3.63) is 131 Å². The minimum absolute atomic E-state index is 0.0838. The van der Waals surface area contributed by atoms with Crippen LogP contribution < -0.4 is 20.2 Å². The van der Waals surface area contributed by atoms with Crippen LogP contribution >= 0.6 is 11.3 Å². The first-order chi connectivity index (χ1) is 18.2. The van der Waals surface area contributed by atoms with E-state index in [1.807, 2.05) is 6.07 Å². The molecule has 0 aliphatic carbocycles. The SMILES string of the molecule is CC1=C(C(=O)Nc2ccccc2)[C@H](c2ccc(F)cc2)n2c(s/c(=C/c3cccc([N+](=O)[O-])c3O)c2=O)=N1. The monoisotopic (exact) mass is 530 g/mol. The van der Waals surface area contributed by atoms with Crippen molar-refractivity contribution in [2.45, 2.75) is 13.0 Å². The second-order valence-electron chi connectivity index (χ2n) is 8.43. The van der Waals surface area contributed by atoms with Gasteiger partial charge in [0, 0.05) is 17.3 Å². The third-order valence-corrected chi connectivity index (χ3v) is 7.00. The number of hydrogen-bond donors (Lipinski definition) is 2. The second-order valence-corrected chi connectivity index (χ2v) is 9.43. The molecular formula is C27H19FN4O5S.